The Morgan fingerprint density at radius 2 is 1.81 bits per heavy atom. The zero-order chi connectivity index (χ0) is 15.1. The molecule has 4 nitrogen and oxygen atoms in total. The van der Waals surface area contributed by atoms with E-state index in [1.54, 1.807) is 7.11 Å². The summed E-state index contributed by atoms with van der Waals surface area (Å²) in [6.45, 7) is 1.81. The molecule has 21 heavy (non-hydrogen) atoms. The lowest BCUT2D eigenvalue weighted by Gasteiger charge is -2.21. The van der Waals surface area contributed by atoms with Gasteiger partial charge in [-0.25, -0.2) is 0 Å². The smallest absolute Gasteiger partial charge is 0.118 e. The van der Waals surface area contributed by atoms with Crippen molar-refractivity contribution in [1.82, 2.24) is 9.88 Å². The predicted octanol–water partition coefficient (Wildman–Crippen LogP) is 2.26. The predicted molar refractivity (Wildman–Crippen MR) is 85.4 cm³/mol. The Labute approximate surface area is 126 Å². The van der Waals surface area contributed by atoms with Crippen LogP contribution in [-0.4, -0.2) is 37.1 Å². The van der Waals surface area contributed by atoms with Crippen LogP contribution in [0.25, 0.3) is 0 Å². The van der Waals surface area contributed by atoms with E-state index in [4.69, 9.17) is 10.5 Å². The van der Waals surface area contributed by atoms with Gasteiger partial charge in [0.2, 0.25) is 0 Å². The highest BCUT2D eigenvalue weighted by Crippen LogP contribution is 2.16. The Hall–Kier alpha value is -1.91. The van der Waals surface area contributed by atoms with E-state index in [2.05, 4.69) is 29.1 Å². The molecule has 1 aromatic heterocycles. The SMILES string of the molecule is COc1ccc(C(N)CN(C)CCc2ccncc2)cc1. The third-order valence-corrected chi connectivity index (χ3v) is 3.58. The maximum Gasteiger partial charge on any atom is 0.118 e. The van der Waals surface area contributed by atoms with Gasteiger partial charge in [-0.15, -0.1) is 0 Å². The van der Waals surface area contributed by atoms with Crippen LogP contribution in [0.2, 0.25) is 0 Å². The second-order valence-corrected chi connectivity index (χ2v) is 5.25. The molecule has 0 radical (unpaired) electrons. The van der Waals surface area contributed by atoms with E-state index < -0.39 is 0 Å². The van der Waals surface area contributed by atoms with E-state index in [1.165, 1.54) is 5.56 Å². The van der Waals surface area contributed by atoms with Gasteiger partial charge >= 0.3 is 0 Å². The van der Waals surface area contributed by atoms with Crippen molar-refractivity contribution in [2.45, 2.75) is 12.5 Å². The highest BCUT2D eigenvalue weighted by molar-refractivity contribution is 5.29. The molecule has 1 unspecified atom stereocenters. The second kappa shape index (κ2) is 7.76. The van der Waals surface area contributed by atoms with Gasteiger partial charge in [-0.2, -0.15) is 0 Å². The zero-order valence-electron chi connectivity index (χ0n) is 12.7. The molecule has 112 valence electrons. The van der Waals surface area contributed by atoms with Gasteiger partial charge in [0, 0.05) is 31.5 Å². The lowest BCUT2D eigenvalue weighted by molar-refractivity contribution is 0.316. The van der Waals surface area contributed by atoms with E-state index in [1.807, 2.05) is 36.7 Å². The van der Waals surface area contributed by atoms with E-state index in [0.717, 1.165) is 30.8 Å². The Morgan fingerprint density at radius 3 is 2.43 bits per heavy atom. The quantitative estimate of drug-likeness (QED) is 0.848. The molecule has 2 rings (SSSR count). The number of nitrogens with zero attached hydrogens (tertiary/aromatic N) is 2. The minimum Gasteiger partial charge on any atom is -0.497 e. The number of nitrogens with two attached hydrogens (primary N) is 1. The van der Waals surface area contributed by atoms with Crippen LogP contribution in [0.15, 0.2) is 48.8 Å². The fourth-order valence-electron chi connectivity index (χ4n) is 2.25. The molecular weight excluding hydrogens is 262 g/mol. The first-order valence-corrected chi connectivity index (χ1v) is 7.16. The van der Waals surface area contributed by atoms with Crippen molar-refractivity contribution in [3.05, 3.63) is 59.9 Å². The van der Waals surface area contributed by atoms with Crippen LogP contribution < -0.4 is 10.5 Å². The molecule has 2 aromatic rings. The van der Waals surface area contributed by atoms with E-state index >= 15 is 0 Å². The number of rotatable bonds is 7. The number of hydrogen-bond donors (Lipinski definition) is 1. The van der Waals surface area contributed by atoms with Gasteiger partial charge in [-0.3, -0.25) is 4.98 Å². The third-order valence-electron chi connectivity index (χ3n) is 3.58. The van der Waals surface area contributed by atoms with Crippen LogP contribution in [0.3, 0.4) is 0 Å². The summed E-state index contributed by atoms with van der Waals surface area (Å²) in [6.07, 6.45) is 4.67. The topological polar surface area (TPSA) is 51.4 Å². The lowest BCUT2D eigenvalue weighted by Crippen LogP contribution is -2.30. The lowest BCUT2D eigenvalue weighted by atomic mass is 10.1. The van der Waals surface area contributed by atoms with Crippen LogP contribution in [0.1, 0.15) is 17.2 Å². The first-order valence-electron chi connectivity index (χ1n) is 7.16. The van der Waals surface area contributed by atoms with Crippen LogP contribution >= 0.6 is 0 Å². The fraction of sp³-hybridized carbons (Fsp3) is 0.353. The average Bonchev–Trinajstić information content (AvgIpc) is 2.54. The molecule has 0 bridgehead atoms. The minimum atomic E-state index is 0.0124. The summed E-state index contributed by atoms with van der Waals surface area (Å²) in [5.41, 5.74) is 8.70. The molecule has 0 aliphatic rings. The molecule has 0 fully saturated rings. The molecule has 0 spiro atoms. The highest BCUT2D eigenvalue weighted by Gasteiger charge is 2.09. The molecule has 0 aliphatic heterocycles. The normalized spacial score (nSPS) is 12.4. The summed E-state index contributed by atoms with van der Waals surface area (Å²) in [7, 11) is 3.77. The molecule has 2 N–H and O–H groups in total. The number of aromatic nitrogens is 1. The molecule has 1 heterocycles. The first-order chi connectivity index (χ1) is 10.2. The van der Waals surface area contributed by atoms with E-state index in [-0.39, 0.29) is 6.04 Å². The molecule has 1 atom stereocenters. The van der Waals surface area contributed by atoms with Gasteiger partial charge in [0.25, 0.3) is 0 Å². The number of likely N-dealkylation sites (N-methyl/N-ethyl adjacent to an activating group) is 1. The fourth-order valence-corrected chi connectivity index (χ4v) is 2.25. The van der Waals surface area contributed by atoms with Gasteiger partial charge < -0.3 is 15.4 Å². The molecule has 4 heteroatoms. The van der Waals surface area contributed by atoms with Gasteiger partial charge in [0.1, 0.15) is 5.75 Å². The summed E-state index contributed by atoms with van der Waals surface area (Å²) >= 11 is 0. The molecule has 1 aromatic carbocycles. The molecule has 0 saturated carbocycles. The monoisotopic (exact) mass is 285 g/mol. The largest absolute Gasteiger partial charge is 0.497 e. The number of hydrogen-bond acceptors (Lipinski definition) is 4. The Morgan fingerprint density at radius 1 is 1.14 bits per heavy atom. The molecule has 0 saturated heterocycles. The van der Waals surface area contributed by atoms with Crippen molar-refractivity contribution in [1.29, 1.82) is 0 Å². The minimum absolute atomic E-state index is 0.0124. The third kappa shape index (κ3) is 4.85. The zero-order valence-corrected chi connectivity index (χ0v) is 12.7. The standard InChI is InChI=1S/C17H23N3O/c1-20(12-9-14-7-10-19-11-8-14)13-17(18)15-3-5-16(21-2)6-4-15/h3-8,10-11,17H,9,12-13,18H2,1-2H3. The number of pyridine rings is 1. The maximum absolute atomic E-state index is 6.26. The summed E-state index contributed by atoms with van der Waals surface area (Å²) < 4.78 is 5.16. The van der Waals surface area contributed by atoms with Crippen LogP contribution in [-0.2, 0) is 6.42 Å². The van der Waals surface area contributed by atoms with Gasteiger partial charge in [0.15, 0.2) is 0 Å². The average molecular weight is 285 g/mol. The van der Waals surface area contributed by atoms with Crippen molar-refractivity contribution < 1.29 is 4.74 Å². The van der Waals surface area contributed by atoms with Gasteiger partial charge in [0.05, 0.1) is 7.11 Å². The van der Waals surface area contributed by atoms with Crippen LogP contribution in [0.4, 0.5) is 0 Å². The van der Waals surface area contributed by atoms with Gasteiger partial charge in [-0.1, -0.05) is 12.1 Å². The van der Waals surface area contributed by atoms with Crippen molar-refractivity contribution in [2.24, 2.45) is 5.73 Å². The molecule has 0 aliphatic carbocycles. The number of methoxy groups -OCH3 is 1. The summed E-state index contributed by atoms with van der Waals surface area (Å²) in [4.78, 5) is 6.29. The first kappa shape index (κ1) is 15.5. The Balaban J connectivity index is 1.82. The second-order valence-electron chi connectivity index (χ2n) is 5.25. The summed E-state index contributed by atoms with van der Waals surface area (Å²) in [5.74, 6) is 0.858. The number of ether oxygens (including phenoxy) is 1. The highest BCUT2D eigenvalue weighted by atomic mass is 16.5. The van der Waals surface area contributed by atoms with Crippen molar-refractivity contribution >= 4 is 0 Å². The maximum atomic E-state index is 6.26. The molecule has 0 amide bonds. The van der Waals surface area contributed by atoms with Gasteiger partial charge in [-0.05, 0) is 48.9 Å². The number of benzene rings is 1. The van der Waals surface area contributed by atoms with E-state index in [9.17, 15) is 0 Å². The van der Waals surface area contributed by atoms with E-state index in [0.29, 0.717) is 0 Å². The molecular formula is C17H23N3O. The van der Waals surface area contributed by atoms with Crippen molar-refractivity contribution in [3.8, 4) is 5.75 Å². The van der Waals surface area contributed by atoms with Crippen molar-refractivity contribution in [2.75, 3.05) is 27.2 Å². The van der Waals surface area contributed by atoms with Crippen molar-refractivity contribution in [3.63, 3.8) is 0 Å². The summed E-state index contributed by atoms with van der Waals surface area (Å²) in [6, 6.07) is 12.1. The Bertz CT molecular complexity index is 527. The van der Waals surface area contributed by atoms with Crippen LogP contribution in [0.5, 0.6) is 5.75 Å². The Kier molecular flexibility index (Phi) is 5.72. The van der Waals surface area contributed by atoms with Crippen LogP contribution in [0, 0.1) is 0 Å². The summed E-state index contributed by atoms with van der Waals surface area (Å²) in [5, 5.41) is 0.